The first kappa shape index (κ1) is 32.0. The second kappa shape index (κ2) is 13.6. The molecule has 2 aliphatic rings. The lowest BCUT2D eigenvalue weighted by Gasteiger charge is -2.43. The zero-order valence-electron chi connectivity index (χ0n) is 25.6. The van der Waals surface area contributed by atoms with Crippen LogP contribution in [-0.2, 0) is 16.0 Å². The number of hydrogen-bond donors (Lipinski definition) is 2. The number of Topliss-reactive ketones (excluding diaryl/α,β-unsaturated/α-hetero) is 1. The van der Waals surface area contributed by atoms with Gasteiger partial charge in [0.05, 0.1) is 12.0 Å². The fraction of sp³-hybridized carbons (Fsp3) is 0.515. The highest BCUT2D eigenvalue weighted by atomic mass is 19.1. The van der Waals surface area contributed by atoms with Gasteiger partial charge in [-0.1, -0.05) is 24.3 Å². The average Bonchev–Trinajstić information content (AvgIpc) is 2.94. The van der Waals surface area contributed by atoms with Gasteiger partial charge in [0.2, 0.25) is 5.91 Å². The smallest absolute Gasteiger partial charge is 0.410 e. The van der Waals surface area contributed by atoms with Crippen LogP contribution in [0.25, 0.3) is 0 Å². The molecule has 1 atom stereocenters. The molecule has 2 saturated heterocycles. The summed E-state index contributed by atoms with van der Waals surface area (Å²) in [6, 6.07) is 12.7. The molecule has 2 heterocycles. The molecule has 0 aromatic heterocycles. The molecule has 4 rings (SSSR count). The van der Waals surface area contributed by atoms with Crippen molar-refractivity contribution in [3.8, 4) is 0 Å². The van der Waals surface area contributed by atoms with Gasteiger partial charge < -0.3 is 25.2 Å². The van der Waals surface area contributed by atoms with Gasteiger partial charge in [0.25, 0.3) is 0 Å². The average molecular weight is 595 g/mol. The summed E-state index contributed by atoms with van der Waals surface area (Å²) in [6.45, 7) is 8.80. The molecule has 0 unspecified atom stereocenters. The van der Waals surface area contributed by atoms with Crippen LogP contribution in [0.2, 0.25) is 0 Å². The van der Waals surface area contributed by atoms with E-state index in [1.165, 1.54) is 19.1 Å². The number of benzene rings is 2. The van der Waals surface area contributed by atoms with Gasteiger partial charge >= 0.3 is 12.1 Å². The minimum Gasteiger partial charge on any atom is -0.444 e. The molecule has 9 nitrogen and oxygen atoms in total. The van der Waals surface area contributed by atoms with E-state index in [9.17, 15) is 23.6 Å². The van der Waals surface area contributed by atoms with Crippen LogP contribution in [0.5, 0.6) is 0 Å². The summed E-state index contributed by atoms with van der Waals surface area (Å²) in [5, 5.41) is 5.87. The Morgan fingerprint density at radius 3 is 2.35 bits per heavy atom. The summed E-state index contributed by atoms with van der Waals surface area (Å²) in [5.41, 5.74) is 0.485. The molecule has 0 radical (unpaired) electrons. The molecule has 0 saturated carbocycles. The van der Waals surface area contributed by atoms with Crippen molar-refractivity contribution >= 4 is 29.5 Å². The Bertz CT molecular complexity index is 1320. The SMILES string of the molecule is CC(=O)c1cccc(NC(=O)NC2(CC(=O)N3CCC[C@@H](Cc4ccc(F)cc4)C3)CCN(C(=O)OC(C)(C)C)CC2)c1. The number of nitrogens with one attached hydrogen (secondary N) is 2. The molecule has 2 N–H and O–H groups in total. The summed E-state index contributed by atoms with van der Waals surface area (Å²) in [7, 11) is 0. The van der Waals surface area contributed by atoms with E-state index in [1.54, 1.807) is 41.3 Å². The third-order valence-electron chi connectivity index (χ3n) is 8.08. The summed E-state index contributed by atoms with van der Waals surface area (Å²) >= 11 is 0. The predicted octanol–water partition coefficient (Wildman–Crippen LogP) is 5.79. The molecule has 10 heteroatoms. The number of ketones is 1. The minimum absolute atomic E-state index is 0.0478. The van der Waals surface area contributed by atoms with Crippen molar-refractivity contribution in [2.24, 2.45) is 5.92 Å². The monoisotopic (exact) mass is 594 g/mol. The summed E-state index contributed by atoms with van der Waals surface area (Å²) in [5.74, 6) is -0.165. The van der Waals surface area contributed by atoms with Crippen LogP contribution in [0, 0.1) is 11.7 Å². The van der Waals surface area contributed by atoms with Gasteiger partial charge in [-0.25, -0.2) is 14.0 Å². The van der Waals surface area contributed by atoms with Crippen LogP contribution >= 0.6 is 0 Å². The molecule has 2 aromatic carbocycles. The van der Waals surface area contributed by atoms with Gasteiger partial charge in [-0.3, -0.25) is 9.59 Å². The number of amides is 4. The lowest BCUT2D eigenvalue weighted by atomic mass is 9.83. The fourth-order valence-corrected chi connectivity index (χ4v) is 5.82. The van der Waals surface area contributed by atoms with E-state index in [0.717, 1.165) is 24.8 Å². The van der Waals surface area contributed by atoms with E-state index < -0.39 is 23.3 Å². The Balaban J connectivity index is 1.45. The summed E-state index contributed by atoms with van der Waals surface area (Å²) in [4.78, 5) is 55.0. The van der Waals surface area contributed by atoms with E-state index in [-0.39, 0.29) is 29.8 Å². The highest BCUT2D eigenvalue weighted by Gasteiger charge is 2.41. The molecule has 43 heavy (non-hydrogen) atoms. The third-order valence-corrected chi connectivity index (χ3v) is 8.08. The largest absolute Gasteiger partial charge is 0.444 e. The first-order valence-corrected chi connectivity index (χ1v) is 15.0. The highest BCUT2D eigenvalue weighted by molar-refractivity contribution is 5.97. The van der Waals surface area contributed by atoms with Crippen LogP contribution in [-0.4, -0.2) is 70.9 Å². The number of urea groups is 1. The van der Waals surface area contributed by atoms with Gasteiger partial charge in [-0.2, -0.15) is 0 Å². The van der Waals surface area contributed by atoms with Crippen LogP contribution < -0.4 is 10.6 Å². The number of ether oxygens (including phenoxy) is 1. The zero-order chi connectivity index (χ0) is 31.2. The molecular formula is C33H43FN4O5. The molecule has 0 spiro atoms. The van der Waals surface area contributed by atoms with Crippen molar-refractivity contribution in [3.63, 3.8) is 0 Å². The number of hydrogen-bond acceptors (Lipinski definition) is 5. The number of nitrogens with zero attached hydrogens (tertiary/aromatic N) is 2. The number of piperidine rings is 2. The van der Waals surface area contributed by atoms with Crippen LogP contribution in [0.15, 0.2) is 48.5 Å². The van der Waals surface area contributed by atoms with E-state index in [1.807, 2.05) is 25.7 Å². The van der Waals surface area contributed by atoms with Crippen LogP contribution in [0.4, 0.5) is 19.7 Å². The Morgan fingerprint density at radius 1 is 1.00 bits per heavy atom. The van der Waals surface area contributed by atoms with Crippen molar-refractivity contribution in [1.82, 2.24) is 15.1 Å². The van der Waals surface area contributed by atoms with Crippen LogP contribution in [0.1, 0.15) is 75.7 Å². The third kappa shape index (κ3) is 9.27. The van der Waals surface area contributed by atoms with Gasteiger partial charge in [-0.05, 0) is 95.5 Å². The normalized spacial score (nSPS) is 18.5. The molecule has 2 aliphatic heterocycles. The van der Waals surface area contributed by atoms with E-state index in [0.29, 0.717) is 50.3 Å². The highest BCUT2D eigenvalue weighted by Crippen LogP contribution is 2.30. The maximum Gasteiger partial charge on any atom is 0.410 e. The van der Waals surface area contributed by atoms with E-state index in [2.05, 4.69) is 10.6 Å². The van der Waals surface area contributed by atoms with Gasteiger partial charge in [0.1, 0.15) is 11.4 Å². The fourth-order valence-electron chi connectivity index (χ4n) is 5.82. The van der Waals surface area contributed by atoms with E-state index in [4.69, 9.17) is 4.74 Å². The van der Waals surface area contributed by atoms with Crippen molar-refractivity contribution in [2.45, 2.75) is 77.4 Å². The topological polar surface area (TPSA) is 108 Å². The number of carbonyl (C=O) groups is 4. The second-order valence-corrected chi connectivity index (χ2v) is 12.8. The molecular weight excluding hydrogens is 551 g/mol. The Labute approximate surface area is 253 Å². The Morgan fingerprint density at radius 2 is 1.70 bits per heavy atom. The maximum atomic E-state index is 13.7. The van der Waals surface area contributed by atoms with Gasteiger partial charge in [0, 0.05) is 37.4 Å². The van der Waals surface area contributed by atoms with Crippen molar-refractivity contribution in [2.75, 3.05) is 31.5 Å². The predicted molar refractivity (Wildman–Crippen MR) is 162 cm³/mol. The van der Waals surface area contributed by atoms with Crippen molar-refractivity contribution in [3.05, 3.63) is 65.5 Å². The lowest BCUT2D eigenvalue weighted by Crippen LogP contribution is -2.59. The zero-order valence-corrected chi connectivity index (χ0v) is 25.6. The Hall–Kier alpha value is -3.95. The van der Waals surface area contributed by atoms with Crippen LogP contribution in [0.3, 0.4) is 0 Å². The van der Waals surface area contributed by atoms with E-state index >= 15 is 0 Å². The number of likely N-dealkylation sites (tertiary alicyclic amines) is 2. The Kier molecular flexibility index (Phi) is 10.1. The molecule has 0 bridgehead atoms. The first-order valence-electron chi connectivity index (χ1n) is 15.0. The van der Waals surface area contributed by atoms with Gasteiger partial charge in [-0.15, -0.1) is 0 Å². The quantitative estimate of drug-likeness (QED) is 0.395. The molecule has 232 valence electrons. The standard InChI is InChI=1S/C33H43FN4O5/c1-23(39)26-8-5-9-28(20-26)35-30(41)36-33(14-17-37(18-15-33)31(42)43-32(2,3)4)21-29(40)38-16-6-7-25(22-38)19-24-10-12-27(34)13-11-24/h5,8-13,20,25H,6-7,14-19,21-22H2,1-4H3,(H2,35,36,41)/t25-/m0/s1. The minimum atomic E-state index is -0.873. The lowest BCUT2D eigenvalue weighted by molar-refractivity contribution is -0.135. The number of carbonyl (C=O) groups excluding carboxylic acids is 4. The number of halogens is 1. The number of rotatable bonds is 7. The van der Waals surface area contributed by atoms with Crippen molar-refractivity contribution < 1.29 is 28.3 Å². The maximum absolute atomic E-state index is 13.7. The van der Waals surface area contributed by atoms with Gasteiger partial charge in [0.15, 0.2) is 5.78 Å². The second-order valence-electron chi connectivity index (χ2n) is 12.8. The first-order chi connectivity index (χ1) is 20.3. The van der Waals surface area contributed by atoms with Crippen molar-refractivity contribution in [1.29, 1.82) is 0 Å². The molecule has 2 aromatic rings. The summed E-state index contributed by atoms with van der Waals surface area (Å²) in [6.07, 6.45) is 3.06. The molecule has 0 aliphatic carbocycles. The molecule has 2 fully saturated rings. The summed E-state index contributed by atoms with van der Waals surface area (Å²) < 4.78 is 18.9. The number of anilines is 1. The molecule has 4 amide bonds.